The van der Waals surface area contributed by atoms with Gasteiger partial charge in [0, 0.05) is 24.7 Å². The Labute approximate surface area is 220 Å². The van der Waals surface area contributed by atoms with Crippen LogP contribution in [0.3, 0.4) is 0 Å². The molecule has 37 heavy (non-hydrogen) atoms. The molecular formula is C30H28FN5S. The number of benzene rings is 2. The predicted octanol–water partition coefficient (Wildman–Crippen LogP) is 7.10. The molecule has 2 bridgehead atoms. The molecule has 1 aliphatic carbocycles. The highest BCUT2D eigenvalue weighted by Gasteiger charge is 2.35. The van der Waals surface area contributed by atoms with E-state index in [0.717, 1.165) is 46.5 Å². The van der Waals surface area contributed by atoms with Crippen LogP contribution in [0, 0.1) is 42.8 Å². The van der Waals surface area contributed by atoms with E-state index in [4.69, 9.17) is 15.2 Å². The molecule has 1 saturated carbocycles. The average Bonchev–Trinajstić information content (AvgIpc) is 3.25. The summed E-state index contributed by atoms with van der Waals surface area (Å²) in [6.45, 7) is 5.85. The molecule has 1 aliphatic heterocycles. The van der Waals surface area contributed by atoms with Gasteiger partial charge in [0.25, 0.3) is 0 Å². The fourth-order valence-electron chi connectivity index (χ4n) is 6.24. The van der Waals surface area contributed by atoms with E-state index in [9.17, 15) is 0 Å². The first kappa shape index (κ1) is 23.9. The van der Waals surface area contributed by atoms with Crippen LogP contribution in [-0.2, 0) is 0 Å². The fraction of sp³-hybridized carbons (Fsp3) is 0.333. The summed E-state index contributed by atoms with van der Waals surface area (Å²) in [5, 5.41) is 12.3. The molecule has 3 heterocycles. The monoisotopic (exact) mass is 509 g/mol. The Hall–Kier alpha value is -3.50. The maximum Gasteiger partial charge on any atom is 0.189 e. The SMILES string of the molecule is CSc1nc(N2CC3CCC(C3)C2)c2c(C)nc(-c3cc(C)cc4cccc(/C=C/C#N)c34)c(F)c2n1. The predicted molar refractivity (Wildman–Crippen MR) is 149 cm³/mol. The van der Waals surface area contributed by atoms with Crippen molar-refractivity contribution in [1.29, 1.82) is 5.26 Å². The number of halogens is 1. The Kier molecular flexibility index (Phi) is 6.08. The molecule has 4 aromatic rings. The van der Waals surface area contributed by atoms with Crippen molar-refractivity contribution in [2.24, 2.45) is 11.8 Å². The van der Waals surface area contributed by atoms with Crippen molar-refractivity contribution in [3.8, 4) is 17.3 Å². The van der Waals surface area contributed by atoms with Crippen LogP contribution >= 0.6 is 11.8 Å². The second kappa shape index (κ2) is 9.42. The Morgan fingerprint density at radius 3 is 2.59 bits per heavy atom. The highest BCUT2D eigenvalue weighted by atomic mass is 32.2. The lowest BCUT2D eigenvalue weighted by Crippen LogP contribution is -2.37. The number of pyridine rings is 1. The van der Waals surface area contributed by atoms with Crippen LogP contribution in [0.25, 0.3) is 39.0 Å². The first-order chi connectivity index (χ1) is 18.0. The molecule has 6 rings (SSSR count). The smallest absolute Gasteiger partial charge is 0.189 e. The Morgan fingerprint density at radius 1 is 1.08 bits per heavy atom. The van der Waals surface area contributed by atoms with Crippen LogP contribution in [0.1, 0.15) is 36.1 Å². The number of allylic oxidation sites excluding steroid dienone is 1. The van der Waals surface area contributed by atoms with Gasteiger partial charge in [0.15, 0.2) is 11.0 Å². The van der Waals surface area contributed by atoms with Gasteiger partial charge in [0.05, 0.1) is 17.1 Å². The molecule has 2 aromatic heterocycles. The van der Waals surface area contributed by atoms with Gasteiger partial charge in [-0.25, -0.2) is 19.3 Å². The molecule has 0 amide bonds. The zero-order valence-electron chi connectivity index (χ0n) is 21.3. The number of thioether (sulfide) groups is 1. The average molecular weight is 510 g/mol. The number of hydrogen-bond donors (Lipinski definition) is 0. The van der Waals surface area contributed by atoms with Gasteiger partial charge in [-0.2, -0.15) is 5.26 Å². The van der Waals surface area contributed by atoms with Crippen LogP contribution in [-0.4, -0.2) is 34.3 Å². The first-order valence-corrected chi connectivity index (χ1v) is 14.0. The lowest BCUT2D eigenvalue weighted by Gasteiger charge is -2.33. The van der Waals surface area contributed by atoms with Gasteiger partial charge >= 0.3 is 0 Å². The second-order valence-electron chi connectivity index (χ2n) is 10.3. The van der Waals surface area contributed by atoms with E-state index in [2.05, 4.69) is 22.0 Å². The molecule has 0 radical (unpaired) electrons. The van der Waals surface area contributed by atoms with E-state index < -0.39 is 5.82 Å². The largest absolute Gasteiger partial charge is 0.355 e. The van der Waals surface area contributed by atoms with Gasteiger partial charge in [-0.3, -0.25) is 0 Å². The van der Waals surface area contributed by atoms with Crippen molar-refractivity contribution < 1.29 is 4.39 Å². The summed E-state index contributed by atoms with van der Waals surface area (Å²) in [4.78, 5) is 16.8. The van der Waals surface area contributed by atoms with Gasteiger partial charge in [-0.1, -0.05) is 36.0 Å². The topological polar surface area (TPSA) is 65.7 Å². The summed E-state index contributed by atoms with van der Waals surface area (Å²) < 4.78 is 16.6. The number of aromatic nitrogens is 3. The third kappa shape index (κ3) is 4.14. The Morgan fingerprint density at radius 2 is 1.86 bits per heavy atom. The standard InChI is InChI=1S/C30H28FN5S/c1-17-12-22-7-4-6-21(8-5-11-32)25(22)23(13-17)27-26(31)28-24(18(2)33-27)29(35-30(34-28)37-3)36-15-19-9-10-20(14-19)16-36/h4-8,12-13,19-20H,9-10,14-16H2,1-3H3/b8-5+. The summed E-state index contributed by atoms with van der Waals surface area (Å²) in [5.41, 5.74) is 3.91. The maximum absolute atomic E-state index is 16.6. The van der Waals surface area contributed by atoms with E-state index in [1.165, 1.54) is 37.1 Å². The van der Waals surface area contributed by atoms with E-state index in [1.54, 1.807) is 6.08 Å². The van der Waals surface area contributed by atoms with Crippen molar-refractivity contribution >= 4 is 45.3 Å². The highest BCUT2D eigenvalue weighted by molar-refractivity contribution is 7.98. The van der Waals surface area contributed by atoms with Gasteiger partial charge in [0.2, 0.25) is 0 Å². The molecule has 2 aliphatic rings. The molecule has 1 saturated heterocycles. The second-order valence-corrected chi connectivity index (χ2v) is 11.1. The van der Waals surface area contributed by atoms with E-state index in [1.807, 2.05) is 44.4 Å². The van der Waals surface area contributed by atoms with E-state index >= 15 is 4.39 Å². The van der Waals surface area contributed by atoms with Crippen LogP contribution in [0.4, 0.5) is 10.2 Å². The maximum atomic E-state index is 16.6. The minimum atomic E-state index is -0.425. The van der Waals surface area contributed by atoms with Gasteiger partial charge in [-0.15, -0.1) is 0 Å². The van der Waals surface area contributed by atoms with Gasteiger partial charge < -0.3 is 4.90 Å². The Bertz CT molecular complexity index is 1610. The molecule has 2 aromatic carbocycles. The summed E-state index contributed by atoms with van der Waals surface area (Å²) in [6.07, 6.45) is 8.96. The molecule has 2 unspecified atom stereocenters. The van der Waals surface area contributed by atoms with Crippen molar-refractivity contribution in [2.45, 2.75) is 38.3 Å². The van der Waals surface area contributed by atoms with Crippen molar-refractivity contribution in [1.82, 2.24) is 15.0 Å². The molecule has 186 valence electrons. The number of piperidine rings is 1. The molecule has 5 nitrogen and oxygen atoms in total. The molecule has 2 atom stereocenters. The summed E-state index contributed by atoms with van der Waals surface area (Å²) in [6, 6.07) is 12.0. The number of aryl methyl sites for hydroxylation is 2. The van der Waals surface area contributed by atoms with Crippen molar-refractivity contribution in [3.63, 3.8) is 0 Å². The molecule has 2 fully saturated rings. The Balaban J connectivity index is 1.62. The number of nitriles is 1. The normalized spacial score (nSPS) is 19.3. The van der Waals surface area contributed by atoms with Crippen molar-refractivity contribution in [3.05, 3.63) is 59.0 Å². The number of nitrogens with zero attached hydrogens (tertiary/aromatic N) is 5. The lowest BCUT2D eigenvalue weighted by molar-refractivity contribution is 0.419. The third-order valence-corrected chi connectivity index (χ3v) is 8.31. The van der Waals surface area contributed by atoms with Gasteiger partial charge in [0.1, 0.15) is 17.0 Å². The number of hydrogen-bond acceptors (Lipinski definition) is 6. The zero-order valence-corrected chi connectivity index (χ0v) is 22.1. The third-order valence-electron chi connectivity index (χ3n) is 7.76. The first-order valence-electron chi connectivity index (χ1n) is 12.7. The van der Waals surface area contributed by atoms with E-state index in [0.29, 0.717) is 33.5 Å². The van der Waals surface area contributed by atoms with Crippen LogP contribution in [0.2, 0.25) is 0 Å². The summed E-state index contributed by atoms with van der Waals surface area (Å²) in [7, 11) is 0. The van der Waals surface area contributed by atoms with Crippen molar-refractivity contribution in [2.75, 3.05) is 24.2 Å². The summed E-state index contributed by atoms with van der Waals surface area (Å²) in [5.74, 6) is 1.74. The highest BCUT2D eigenvalue weighted by Crippen LogP contribution is 2.42. The number of anilines is 1. The molecular weight excluding hydrogens is 481 g/mol. The number of rotatable bonds is 4. The lowest BCUT2D eigenvalue weighted by atomic mass is 9.94. The quantitative estimate of drug-likeness (QED) is 0.166. The molecule has 0 N–H and O–H groups in total. The van der Waals surface area contributed by atoms with Crippen LogP contribution in [0.5, 0.6) is 0 Å². The van der Waals surface area contributed by atoms with Crippen LogP contribution in [0.15, 0.2) is 41.6 Å². The fourth-order valence-corrected chi connectivity index (χ4v) is 6.61. The minimum absolute atomic E-state index is 0.284. The minimum Gasteiger partial charge on any atom is -0.355 e. The molecule has 0 spiro atoms. The van der Waals surface area contributed by atoms with Crippen LogP contribution < -0.4 is 4.90 Å². The number of fused-ring (bicyclic) bond motifs is 4. The van der Waals surface area contributed by atoms with Gasteiger partial charge in [-0.05, 0) is 85.2 Å². The molecule has 7 heteroatoms. The zero-order chi connectivity index (χ0) is 25.7. The van der Waals surface area contributed by atoms with E-state index in [-0.39, 0.29) is 5.69 Å². The summed E-state index contributed by atoms with van der Waals surface area (Å²) >= 11 is 1.44.